The van der Waals surface area contributed by atoms with Crippen LogP contribution >= 0.6 is 0 Å². The minimum Gasteiger partial charge on any atom is -0.379 e. The van der Waals surface area contributed by atoms with Crippen molar-refractivity contribution >= 4 is 23.1 Å². The molecule has 0 radical (unpaired) electrons. The molecule has 0 heterocycles. The minimum absolute atomic E-state index is 0.0220. The largest absolute Gasteiger partial charge is 0.379 e. The zero-order valence-electron chi connectivity index (χ0n) is 63.8. The highest BCUT2D eigenvalue weighted by Crippen LogP contribution is 2.27. The Morgan fingerprint density at radius 1 is 0.333 bits per heavy atom. The van der Waals surface area contributed by atoms with Crippen molar-refractivity contribution in [2.24, 2.45) is 58.2 Å². The highest BCUT2D eigenvalue weighted by Gasteiger charge is 2.32. The monoisotopic (exact) mass is 1210 g/mol. The highest BCUT2D eigenvalue weighted by atomic mass is 16.5. The molecule has 0 rings (SSSR count). The van der Waals surface area contributed by atoms with Gasteiger partial charge in [-0.2, -0.15) is 0 Å². The molecular formula is C72H152O12. The average molecular weight is 1210 g/mol. The van der Waals surface area contributed by atoms with Crippen LogP contribution in [0.25, 0.3) is 0 Å². The van der Waals surface area contributed by atoms with Gasteiger partial charge in [-0.3, -0.25) is 19.2 Å². The smallest absolute Gasteiger partial charge is 0.166 e. The molecule has 0 aliphatic heterocycles. The molecule has 0 atom stereocenters. The Labute approximate surface area is 525 Å². The van der Waals surface area contributed by atoms with Gasteiger partial charge in [-0.15, -0.1) is 0 Å². The first-order valence-electron chi connectivity index (χ1n) is 32.8. The van der Waals surface area contributed by atoms with Crippen molar-refractivity contribution in [2.75, 3.05) is 39.6 Å². The molecule has 0 unspecified atom stereocenters. The number of Topliss-reactive ketones (excluding diaryl/α,β-unsaturated/α-hetero) is 4. The zero-order valence-corrected chi connectivity index (χ0v) is 63.8. The molecule has 84 heavy (non-hydrogen) atoms. The second-order valence-corrected chi connectivity index (χ2v) is 29.5. The normalized spacial score (nSPS) is 12.1. The van der Waals surface area contributed by atoms with Crippen LogP contribution in [0.2, 0.25) is 0 Å². The molecule has 0 saturated carbocycles. The summed E-state index contributed by atoms with van der Waals surface area (Å²) in [4.78, 5) is 45.2. The van der Waals surface area contributed by atoms with Crippen molar-refractivity contribution < 1.29 is 57.1 Å². The van der Waals surface area contributed by atoms with Crippen LogP contribution in [-0.2, 0) is 57.1 Å². The fraction of sp³-hybridized carbons (Fsp3) is 0.944. The Kier molecular flexibility index (Phi) is 63.7. The molecule has 0 fully saturated rings. The number of carbonyl (C=O) groups is 4. The van der Waals surface area contributed by atoms with Gasteiger partial charge < -0.3 is 37.9 Å². The maximum absolute atomic E-state index is 11.7. The van der Waals surface area contributed by atoms with Crippen molar-refractivity contribution in [2.45, 2.75) is 350 Å². The van der Waals surface area contributed by atoms with Gasteiger partial charge in [0.2, 0.25) is 0 Å². The van der Waals surface area contributed by atoms with Crippen LogP contribution in [0.5, 0.6) is 0 Å². The van der Waals surface area contributed by atoms with Gasteiger partial charge in [-0.1, -0.05) is 138 Å². The second kappa shape index (κ2) is 54.3. The first-order valence-corrected chi connectivity index (χ1v) is 32.8. The van der Waals surface area contributed by atoms with E-state index in [0.717, 1.165) is 25.7 Å². The Morgan fingerprint density at radius 3 is 0.952 bits per heavy atom. The van der Waals surface area contributed by atoms with Gasteiger partial charge >= 0.3 is 0 Å². The predicted octanol–water partition coefficient (Wildman–Crippen LogP) is 19.2. The van der Waals surface area contributed by atoms with E-state index in [0.29, 0.717) is 67.2 Å². The van der Waals surface area contributed by atoms with Crippen LogP contribution in [0.1, 0.15) is 290 Å². The quantitative estimate of drug-likeness (QED) is 0.0633. The minimum atomic E-state index is -0.637. The maximum atomic E-state index is 11.7. The molecule has 12 heteroatoms. The third-order valence-corrected chi connectivity index (χ3v) is 12.5. The molecule has 0 N–H and O–H groups in total. The van der Waals surface area contributed by atoms with Crippen LogP contribution in [0.15, 0.2) is 0 Å². The predicted molar refractivity (Wildman–Crippen MR) is 363 cm³/mol. The lowest BCUT2D eigenvalue weighted by Gasteiger charge is -2.31. The molecule has 0 aliphatic carbocycles. The summed E-state index contributed by atoms with van der Waals surface area (Å²) in [7, 11) is 0. The summed E-state index contributed by atoms with van der Waals surface area (Å²) in [5.74, 6) is 3.95. The van der Waals surface area contributed by atoms with E-state index in [4.69, 9.17) is 37.9 Å². The van der Waals surface area contributed by atoms with Crippen LogP contribution in [0, 0.1) is 58.2 Å². The Morgan fingerprint density at radius 2 is 0.690 bits per heavy atom. The molecule has 0 aromatic heterocycles. The SMILES string of the molecule is CC(C)CCOC(C)C.CC(C)COC(C)C.CC(C)OC(C)(C)C(=O)C(C)C.CC(C)OC(C)(C)C(C)C.CC(C)OCC(=O)C(C)C.CC(C)OCC(C)(C)C(=O)C(C)C.CC(C)OCC(C)(C)C(C)C.CC(C)OCCC(=O)C(C)C. The van der Waals surface area contributed by atoms with Crippen LogP contribution in [0.3, 0.4) is 0 Å². The van der Waals surface area contributed by atoms with E-state index in [1.807, 2.05) is 138 Å². The molecule has 12 nitrogen and oxygen atoms in total. The van der Waals surface area contributed by atoms with E-state index in [2.05, 4.69) is 138 Å². The molecule has 0 bridgehead atoms. The van der Waals surface area contributed by atoms with E-state index < -0.39 is 5.60 Å². The summed E-state index contributed by atoms with van der Waals surface area (Å²) in [6.07, 6.45) is 3.87. The number of rotatable bonds is 32. The van der Waals surface area contributed by atoms with Crippen LogP contribution in [0.4, 0.5) is 0 Å². The lowest BCUT2D eigenvalue weighted by atomic mass is 9.82. The summed E-state index contributed by atoms with van der Waals surface area (Å²) in [6, 6.07) is 0. The number of ether oxygens (including phenoxy) is 8. The van der Waals surface area contributed by atoms with E-state index in [9.17, 15) is 19.2 Å². The highest BCUT2D eigenvalue weighted by molar-refractivity contribution is 5.88. The Hall–Kier alpha value is -1.64. The van der Waals surface area contributed by atoms with E-state index in [-0.39, 0.29) is 88.8 Å². The Balaban J connectivity index is -0.000000131. The average Bonchev–Trinajstić information content (AvgIpc) is 3.30. The Bertz CT molecular complexity index is 1490. The number of hydrogen-bond acceptors (Lipinski definition) is 12. The van der Waals surface area contributed by atoms with E-state index in [1.165, 1.54) is 6.42 Å². The molecule has 0 aliphatic rings. The van der Waals surface area contributed by atoms with Gasteiger partial charge in [0, 0.05) is 48.7 Å². The van der Waals surface area contributed by atoms with Gasteiger partial charge in [0.25, 0.3) is 0 Å². The van der Waals surface area contributed by atoms with Crippen LogP contribution < -0.4 is 0 Å². The van der Waals surface area contributed by atoms with Gasteiger partial charge in [0.15, 0.2) is 11.6 Å². The fourth-order valence-corrected chi connectivity index (χ4v) is 5.89. The third kappa shape index (κ3) is 74.6. The first kappa shape index (κ1) is 98.6. The first-order chi connectivity index (χ1) is 37.6. The lowest BCUT2D eigenvalue weighted by Crippen LogP contribution is -2.39. The standard InChI is InChI=1S/C11H22O2.C10H20O2.C10H22O.C9H18O2.C9H20O.C8H16O2.C8H18O.C7H16O/c1-8(2)10(12)11(5,6)7-13-9(3)4;1-7(2)9(11)10(5,6)12-8(3)4;1-8(2)10(5,6)7-11-9(3)4;1-7(2)9(10)5-6-11-8(3)4;1-7(2)9(5,6)10-8(3)4;1-6(2)8(9)5-10-7(3)4;1-7(2)5-6-9-8(3)4;1-6(2)5-8-7(3)4/h8-9H,7H2,1-6H3;7-8H,1-6H3;8-9H,7H2,1-6H3;7-8H,5-6H2,1-4H3;7-8H,1-6H3;6-7H,5H2,1-4H3;7-8H,5-6H2,1-4H3;6-7H,5H2,1-4H3. The van der Waals surface area contributed by atoms with Crippen molar-refractivity contribution in [1.29, 1.82) is 0 Å². The molecule has 0 aromatic rings. The topological polar surface area (TPSA) is 142 Å². The molecule has 0 aromatic carbocycles. The fourth-order valence-electron chi connectivity index (χ4n) is 5.89. The molecule has 512 valence electrons. The van der Waals surface area contributed by atoms with E-state index in [1.54, 1.807) is 0 Å². The molecule has 0 amide bonds. The summed E-state index contributed by atoms with van der Waals surface area (Å²) in [6.45, 7) is 85.3. The van der Waals surface area contributed by atoms with Gasteiger partial charge in [-0.25, -0.2) is 0 Å². The van der Waals surface area contributed by atoms with Gasteiger partial charge in [-0.05, 0) is 174 Å². The van der Waals surface area contributed by atoms with Gasteiger partial charge in [0.1, 0.15) is 23.8 Å². The second-order valence-electron chi connectivity index (χ2n) is 29.5. The van der Waals surface area contributed by atoms with Crippen molar-refractivity contribution in [1.82, 2.24) is 0 Å². The van der Waals surface area contributed by atoms with E-state index >= 15 is 0 Å². The number of carbonyl (C=O) groups excluding carboxylic acids is 4. The summed E-state index contributed by atoms with van der Waals surface area (Å²) in [5.41, 5.74) is -0.654. The van der Waals surface area contributed by atoms with Crippen molar-refractivity contribution in [3.63, 3.8) is 0 Å². The van der Waals surface area contributed by atoms with Crippen LogP contribution in [-0.4, -0.2) is 123 Å². The maximum Gasteiger partial charge on any atom is 0.166 e. The summed E-state index contributed by atoms with van der Waals surface area (Å²) >= 11 is 0. The number of hydrogen-bond donors (Lipinski definition) is 0. The summed E-state index contributed by atoms with van der Waals surface area (Å²) < 4.78 is 43.2. The van der Waals surface area contributed by atoms with Crippen molar-refractivity contribution in [3.8, 4) is 0 Å². The lowest BCUT2D eigenvalue weighted by molar-refractivity contribution is -0.148. The van der Waals surface area contributed by atoms with Crippen molar-refractivity contribution in [3.05, 3.63) is 0 Å². The molecule has 0 spiro atoms. The summed E-state index contributed by atoms with van der Waals surface area (Å²) in [5, 5.41) is 0. The molecular weight excluding hydrogens is 1060 g/mol. The third-order valence-electron chi connectivity index (χ3n) is 12.5. The number of ketones is 4. The molecule has 0 saturated heterocycles. The zero-order chi connectivity index (χ0) is 68.9. The van der Waals surface area contributed by atoms with Gasteiger partial charge in [0.05, 0.1) is 74.3 Å².